The van der Waals surface area contributed by atoms with Crippen molar-refractivity contribution in [2.75, 3.05) is 0 Å². The van der Waals surface area contributed by atoms with E-state index in [0.29, 0.717) is 0 Å². The molecular formula is C13H16N2O. The van der Waals surface area contributed by atoms with Crippen molar-refractivity contribution in [2.24, 2.45) is 0 Å². The number of hydrogen-bond donors (Lipinski definition) is 1. The molecule has 0 aliphatic carbocycles. The summed E-state index contributed by atoms with van der Waals surface area (Å²) in [6, 6.07) is 6.13. The predicted molar refractivity (Wildman–Crippen MR) is 62.9 cm³/mol. The molecule has 3 nitrogen and oxygen atoms in total. The zero-order valence-corrected chi connectivity index (χ0v) is 9.60. The fourth-order valence-electron chi connectivity index (χ4n) is 1.58. The second-order valence-corrected chi connectivity index (χ2v) is 3.92. The number of nitrogens with one attached hydrogen (secondary N) is 1. The molecule has 0 aromatic carbocycles. The molecule has 0 spiro atoms. The van der Waals surface area contributed by atoms with Crippen LogP contribution in [-0.4, -0.2) is 4.98 Å². The molecule has 0 fully saturated rings. The molecule has 0 saturated heterocycles. The minimum Gasteiger partial charge on any atom is -0.468 e. The summed E-state index contributed by atoms with van der Waals surface area (Å²) in [6.07, 6.45) is 5.41. The number of aromatic nitrogens is 1. The van der Waals surface area contributed by atoms with E-state index in [4.69, 9.17) is 4.42 Å². The van der Waals surface area contributed by atoms with Crippen LogP contribution in [0.15, 0.2) is 41.3 Å². The largest absolute Gasteiger partial charge is 0.468 e. The Morgan fingerprint density at radius 3 is 3.00 bits per heavy atom. The molecule has 0 amide bonds. The number of nitrogens with zero attached hydrogens (tertiary/aromatic N) is 1. The standard InChI is InChI=1S/C13H16N2O/c1-10-5-6-14-8-12(10)9-15-11(2)13-4-3-7-16-13/h3-8,11,15H,9H2,1-2H3. The minimum atomic E-state index is 0.217. The average molecular weight is 216 g/mol. The second-order valence-electron chi connectivity index (χ2n) is 3.92. The zero-order valence-electron chi connectivity index (χ0n) is 9.60. The van der Waals surface area contributed by atoms with Crippen LogP contribution in [0.3, 0.4) is 0 Å². The molecule has 16 heavy (non-hydrogen) atoms. The van der Waals surface area contributed by atoms with Crippen molar-refractivity contribution in [3.8, 4) is 0 Å². The van der Waals surface area contributed by atoms with E-state index < -0.39 is 0 Å². The van der Waals surface area contributed by atoms with Crippen LogP contribution in [0.25, 0.3) is 0 Å². The van der Waals surface area contributed by atoms with Crippen LogP contribution in [-0.2, 0) is 6.54 Å². The molecule has 0 saturated carbocycles. The maximum Gasteiger partial charge on any atom is 0.120 e. The van der Waals surface area contributed by atoms with Gasteiger partial charge in [-0.2, -0.15) is 0 Å². The summed E-state index contributed by atoms with van der Waals surface area (Å²) in [6.45, 7) is 4.99. The summed E-state index contributed by atoms with van der Waals surface area (Å²) in [7, 11) is 0. The molecule has 2 aromatic heterocycles. The molecule has 0 bridgehead atoms. The van der Waals surface area contributed by atoms with Crippen molar-refractivity contribution < 1.29 is 4.42 Å². The summed E-state index contributed by atoms with van der Waals surface area (Å²) in [4.78, 5) is 4.12. The Balaban J connectivity index is 1.95. The topological polar surface area (TPSA) is 38.1 Å². The van der Waals surface area contributed by atoms with Crippen molar-refractivity contribution >= 4 is 0 Å². The van der Waals surface area contributed by atoms with Crippen molar-refractivity contribution in [2.45, 2.75) is 26.4 Å². The predicted octanol–water partition coefficient (Wildman–Crippen LogP) is 2.83. The fourth-order valence-corrected chi connectivity index (χ4v) is 1.58. The van der Waals surface area contributed by atoms with Gasteiger partial charge in [-0.3, -0.25) is 4.98 Å². The smallest absolute Gasteiger partial charge is 0.120 e. The number of rotatable bonds is 4. The van der Waals surface area contributed by atoms with E-state index in [-0.39, 0.29) is 6.04 Å². The monoisotopic (exact) mass is 216 g/mol. The highest BCUT2D eigenvalue weighted by Gasteiger charge is 2.07. The van der Waals surface area contributed by atoms with Gasteiger partial charge >= 0.3 is 0 Å². The molecule has 0 aliphatic heterocycles. The number of hydrogen-bond acceptors (Lipinski definition) is 3. The van der Waals surface area contributed by atoms with Crippen LogP contribution in [0, 0.1) is 6.92 Å². The van der Waals surface area contributed by atoms with Crippen LogP contribution in [0.2, 0.25) is 0 Å². The van der Waals surface area contributed by atoms with E-state index in [2.05, 4.69) is 24.1 Å². The fraction of sp³-hybridized carbons (Fsp3) is 0.308. The maximum absolute atomic E-state index is 5.34. The molecule has 1 N–H and O–H groups in total. The lowest BCUT2D eigenvalue weighted by Gasteiger charge is -2.12. The van der Waals surface area contributed by atoms with Gasteiger partial charge in [0.2, 0.25) is 0 Å². The van der Waals surface area contributed by atoms with Crippen molar-refractivity contribution in [1.82, 2.24) is 10.3 Å². The third-order valence-corrected chi connectivity index (χ3v) is 2.72. The molecule has 1 unspecified atom stereocenters. The van der Waals surface area contributed by atoms with Crippen LogP contribution in [0.5, 0.6) is 0 Å². The average Bonchev–Trinajstić information content (AvgIpc) is 2.81. The highest BCUT2D eigenvalue weighted by atomic mass is 16.3. The highest BCUT2D eigenvalue weighted by molar-refractivity contribution is 5.21. The molecule has 1 atom stereocenters. The van der Waals surface area contributed by atoms with Gasteiger partial charge in [-0.05, 0) is 43.2 Å². The summed E-state index contributed by atoms with van der Waals surface area (Å²) in [5, 5.41) is 3.41. The van der Waals surface area contributed by atoms with Crippen molar-refractivity contribution in [3.63, 3.8) is 0 Å². The lowest BCUT2D eigenvalue weighted by molar-refractivity contribution is 0.430. The van der Waals surface area contributed by atoms with Gasteiger partial charge in [0.1, 0.15) is 5.76 Å². The lowest BCUT2D eigenvalue weighted by Crippen LogP contribution is -2.18. The highest BCUT2D eigenvalue weighted by Crippen LogP contribution is 2.13. The molecule has 0 aliphatic rings. The Morgan fingerprint density at radius 1 is 1.44 bits per heavy atom. The Morgan fingerprint density at radius 2 is 2.31 bits per heavy atom. The first-order valence-electron chi connectivity index (χ1n) is 5.43. The number of pyridine rings is 1. The first-order valence-corrected chi connectivity index (χ1v) is 5.43. The zero-order chi connectivity index (χ0) is 11.4. The summed E-state index contributed by atoms with van der Waals surface area (Å²) < 4.78 is 5.34. The van der Waals surface area contributed by atoms with Gasteiger partial charge in [-0.25, -0.2) is 0 Å². The molecule has 0 radical (unpaired) electrons. The molecule has 84 valence electrons. The van der Waals surface area contributed by atoms with Gasteiger partial charge in [0.05, 0.1) is 12.3 Å². The van der Waals surface area contributed by atoms with Gasteiger partial charge in [-0.1, -0.05) is 0 Å². The van der Waals surface area contributed by atoms with Gasteiger partial charge in [0, 0.05) is 18.9 Å². The Kier molecular flexibility index (Phi) is 3.37. The van der Waals surface area contributed by atoms with Gasteiger partial charge < -0.3 is 9.73 Å². The van der Waals surface area contributed by atoms with Gasteiger partial charge in [0.15, 0.2) is 0 Å². The first-order chi connectivity index (χ1) is 7.77. The molecule has 2 aromatic rings. The van der Waals surface area contributed by atoms with E-state index in [1.165, 1.54) is 11.1 Å². The van der Waals surface area contributed by atoms with Crippen LogP contribution in [0.1, 0.15) is 29.9 Å². The van der Waals surface area contributed by atoms with E-state index in [9.17, 15) is 0 Å². The molecular weight excluding hydrogens is 200 g/mol. The first kappa shape index (κ1) is 10.9. The Hall–Kier alpha value is -1.61. The van der Waals surface area contributed by atoms with Crippen LogP contribution in [0.4, 0.5) is 0 Å². The SMILES string of the molecule is Cc1ccncc1CNC(C)c1ccco1. The van der Waals surface area contributed by atoms with Crippen molar-refractivity contribution in [1.29, 1.82) is 0 Å². The summed E-state index contributed by atoms with van der Waals surface area (Å²) in [5.41, 5.74) is 2.48. The molecule has 2 rings (SSSR count). The van der Waals surface area contributed by atoms with E-state index >= 15 is 0 Å². The van der Waals surface area contributed by atoms with E-state index in [0.717, 1.165) is 12.3 Å². The number of furan rings is 1. The molecule has 3 heteroatoms. The normalized spacial score (nSPS) is 12.6. The lowest BCUT2D eigenvalue weighted by atomic mass is 10.1. The second kappa shape index (κ2) is 4.94. The third-order valence-electron chi connectivity index (χ3n) is 2.72. The Bertz CT molecular complexity index is 437. The maximum atomic E-state index is 5.34. The van der Waals surface area contributed by atoms with E-state index in [1.54, 1.807) is 6.26 Å². The Labute approximate surface area is 95.5 Å². The molecule has 2 heterocycles. The van der Waals surface area contributed by atoms with Gasteiger partial charge in [-0.15, -0.1) is 0 Å². The van der Waals surface area contributed by atoms with Crippen molar-refractivity contribution in [3.05, 3.63) is 53.7 Å². The summed E-state index contributed by atoms with van der Waals surface area (Å²) in [5.74, 6) is 0.960. The van der Waals surface area contributed by atoms with Crippen LogP contribution >= 0.6 is 0 Å². The van der Waals surface area contributed by atoms with Crippen LogP contribution < -0.4 is 5.32 Å². The van der Waals surface area contributed by atoms with E-state index in [1.807, 2.05) is 30.6 Å². The third kappa shape index (κ3) is 2.49. The summed E-state index contributed by atoms with van der Waals surface area (Å²) >= 11 is 0. The minimum absolute atomic E-state index is 0.217. The quantitative estimate of drug-likeness (QED) is 0.854. The van der Waals surface area contributed by atoms with Gasteiger partial charge in [0.25, 0.3) is 0 Å². The number of aryl methyl sites for hydroxylation is 1.